The molecule has 0 fully saturated rings. The van der Waals surface area contributed by atoms with Gasteiger partial charge in [0.25, 0.3) is 0 Å². The Morgan fingerprint density at radius 2 is 1.68 bits per heavy atom. The van der Waals surface area contributed by atoms with Crippen molar-refractivity contribution in [2.45, 2.75) is 18.8 Å². The van der Waals surface area contributed by atoms with Crippen molar-refractivity contribution in [2.24, 2.45) is 0 Å². The lowest BCUT2D eigenvalue weighted by molar-refractivity contribution is 0.412. The van der Waals surface area contributed by atoms with E-state index in [1.807, 2.05) is 22.9 Å². The molecule has 1 aliphatic rings. The summed E-state index contributed by atoms with van der Waals surface area (Å²) in [4.78, 5) is 0. The zero-order valence-corrected chi connectivity index (χ0v) is 18.1. The van der Waals surface area contributed by atoms with Crippen LogP contribution in [0.2, 0.25) is 5.02 Å². The first-order chi connectivity index (χ1) is 15.2. The van der Waals surface area contributed by atoms with Crippen molar-refractivity contribution in [3.05, 3.63) is 106 Å². The number of hydrogen-bond acceptors (Lipinski definition) is 3. The molecule has 5 rings (SSSR count). The fourth-order valence-electron chi connectivity index (χ4n) is 4.40. The van der Waals surface area contributed by atoms with E-state index >= 15 is 0 Å². The molecule has 0 saturated carbocycles. The van der Waals surface area contributed by atoms with Crippen LogP contribution in [0.1, 0.15) is 28.3 Å². The van der Waals surface area contributed by atoms with Crippen LogP contribution in [-0.4, -0.2) is 23.4 Å². The largest absolute Gasteiger partial charge is 0.494 e. The molecule has 4 aromatic rings. The number of halogens is 1. The molecule has 0 spiro atoms. The van der Waals surface area contributed by atoms with Crippen LogP contribution in [0, 0.1) is 0 Å². The first-order valence-electron chi connectivity index (χ1n) is 10.5. The van der Waals surface area contributed by atoms with Crippen molar-refractivity contribution in [2.75, 3.05) is 19.0 Å². The molecule has 1 N–H and O–H groups in total. The van der Waals surface area contributed by atoms with Crippen molar-refractivity contribution >= 4 is 17.4 Å². The summed E-state index contributed by atoms with van der Waals surface area (Å²) in [7, 11) is 1.67. The van der Waals surface area contributed by atoms with E-state index in [0.717, 1.165) is 42.3 Å². The molecule has 0 amide bonds. The number of methoxy groups -OCH3 is 1. The zero-order chi connectivity index (χ0) is 21.2. The van der Waals surface area contributed by atoms with Gasteiger partial charge in [0.05, 0.1) is 12.8 Å². The zero-order valence-electron chi connectivity index (χ0n) is 17.4. The number of fused-ring (bicyclic) bond motifs is 1. The fraction of sp³-hybridized carbons (Fsp3) is 0.192. The predicted molar refractivity (Wildman–Crippen MR) is 126 cm³/mol. The molecule has 0 radical (unpaired) electrons. The maximum absolute atomic E-state index is 6.31. The highest BCUT2D eigenvalue weighted by Gasteiger charge is 2.27. The molecular weight excluding hydrogens is 406 g/mol. The minimum atomic E-state index is 0.233. The first kappa shape index (κ1) is 19.7. The minimum absolute atomic E-state index is 0.233. The van der Waals surface area contributed by atoms with Gasteiger partial charge in [-0.05, 0) is 35.7 Å². The average molecular weight is 430 g/mol. The number of nitrogens with one attached hydrogen (secondary N) is 1. The number of hydrogen-bond donors (Lipinski definition) is 1. The number of nitrogens with zero attached hydrogens (tertiary/aromatic N) is 2. The minimum Gasteiger partial charge on any atom is -0.494 e. The van der Waals surface area contributed by atoms with Gasteiger partial charge in [-0.2, -0.15) is 5.10 Å². The van der Waals surface area contributed by atoms with Gasteiger partial charge in [0.2, 0.25) is 0 Å². The summed E-state index contributed by atoms with van der Waals surface area (Å²) in [6, 6.07) is 27.0. The van der Waals surface area contributed by atoms with Crippen LogP contribution in [-0.2, 0) is 12.8 Å². The number of aromatic nitrogens is 2. The molecule has 0 atom stereocenters. The van der Waals surface area contributed by atoms with Crippen LogP contribution in [0.5, 0.6) is 5.75 Å². The number of benzene rings is 3. The topological polar surface area (TPSA) is 39.1 Å². The Labute approximate surface area is 187 Å². The number of ether oxygens (including phenoxy) is 1. The Hall–Kier alpha value is -3.24. The molecule has 2 heterocycles. The lowest BCUT2D eigenvalue weighted by Crippen LogP contribution is -2.09. The Kier molecular flexibility index (Phi) is 5.39. The molecule has 1 aliphatic heterocycles. The van der Waals surface area contributed by atoms with E-state index in [1.165, 1.54) is 16.7 Å². The predicted octanol–water partition coefficient (Wildman–Crippen LogP) is 5.88. The lowest BCUT2D eigenvalue weighted by atomic mass is 9.86. The third-order valence-corrected chi connectivity index (χ3v) is 6.14. The third-order valence-electron chi connectivity index (χ3n) is 5.90. The van der Waals surface area contributed by atoms with Crippen molar-refractivity contribution in [3.8, 4) is 11.4 Å². The van der Waals surface area contributed by atoms with Gasteiger partial charge in [0.1, 0.15) is 17.3 Å². The number of rotatable bonds is 6. The van der Waals surface area contributed by atoms with Gasteiger partial charge in [-0.25, -0.2) is 4.68 Å². The molecule has 1 aromatic heterocycles. The SMILES string of the molecule is COc1ccc(Cl)cc1-n1nc(CC(c2ccccc2)c2ccccc2)c2c1NCC2. The van der Waals surface area contributed by atoms with Gasteiger partial charge in [-0.3, -0.25) is 0 Å². The average Bonchev–Trinajstić information content (AvgIpc) is 3.42. The Bertz CT molecular complexity index is 1150. The van der Waals surface area contributed by atoms with E-state index in [-0.39, 0.29) is 5.92 Å². The highest BCUT2D eigenvalue weighted by Crippen LogP contribution is 2.37. The summed E-state index contributed by atoms with van der Waals surface area (Å²) < 4.78 is 7.55. The van der Waals surface area contributed by atoms with Gasteiger partial charge >= 0.3 is 0 Å². The van der Waals surface area contributed by atoms with E-state index < -0.39 is 0 Å². The normalized spacial score (nSPS) is 12.6. The van der Waals surface area contributed by atoms with Crippen molar-refractivity contribution in [3.63, 3.8) is 0 Å². The van der Waals surface area contributed by atoms with E-state index in [4.69, 9.17) is 21.4 Å². The highest BCUT2D eigenvalue weighted by atomic mass is 35.5. The van der Waals surface area contributed by atoms with E-state index in [9.17, 15) is 0 Å². The van der Waals surface area contributed by atoms with E-state index in [0.29, 0.717) is 5.02 Å². The summed E-state index contributed by atoms with van der Waals surface area (Å²) in [6.45, 7) is 0.907. The standard InChI is InChI=1S/C26H24ClN3O/c1-31-25-13-12-20(27)16-24(25)30-26-21(14-15-28-26)23(29-30)17-22(18-8-4-2-5-9-18)19-10-6-3-7-11-19/h2-13,16,22,28H,14-15,17H2,1H3. The summed E-state index contributed by atoms with van der Waals surface area (Å²) in [5.74, 6) is 2.02. The maximum atomic E-state index is 6.31. The summed E-state index contributed by atoms with van der Waals surface area (Å²) in [5, 5.41) is 9.23. The third kappa shape index (κ3) is 3.79. The van der Waals surface area contributed by atoms with Gasteiger partial charge in [0, 0.05) is 29.5 Å². The van der Waals surface area contributed by atoms with Gasteiger partial charge in [-0.1, -0.05) is 72.3 Å². The van der Waals surface area contributed by atoms with Gasteiger partial charge in [0.15, 0.2) is 0 Å². The highest BCUT2D eigenvalue weighted by molar-refractivity contribution is 6.30. The van der Waals surface area contributed by atoms with Crippen LogP contribution in [0.25, 0.3) is 5.69 Å². The molecule has 156 valence electrons. The smallest absolute Gasteiger partial charge is 0.144 e. The molecule has 0 aliphatic carbocycles. The second-order valence-electron chi connectivity index (χ2n) is 7.76. The summed E-state index contributed by atoms with van der Waals surface area (Å²) in [5.41, 5.74) is 5.83. The van der Waals surface area contributed by atoms with Gasteiger partial charge < -0.3 is 10.1 Å². The van der Waals surface area contributed by atoms with Gasteiger partial charge in [-0.15, -0.1) is 0 Å². The summed E-state index contributed by atoms with van der Waals surface area (Å²) in [6.07, 6.45) is 1.79. The van der Waals surface area contributed by atoms with Crippen LogP contribution in [0.3, 0.4) is 0 Å². The van der Waals surface area contributed by atoms with Crippen molar-refractivity contribution in [1.82, 2.24) is 9.78 Å². The van der Waals surface area contributed by atoms with Crippen molar-refractivity contribution < 1.29 is 4.74 Å². The second kappa shape index (κ2) is 8.48. The van der Waals surface area contributed by atoms with Crippen LogP contribution in [0.4, 0.5) is 5.82 Å². The van der Waals surface area contributed by atoms with Crippen LogP contribution in [0.15, 0.2) is 78.9 Å². The molecular formula is C26H24ClN3O. The first-order valence-corrected chi connectivity index (χ1v) is 10.9. The van der Waals surface area contributed by atoms with Crippen LogP contribution < -0.4 is 10.1 Å². The molecule has 0 unspecified atom stereocenters. The second-order valence-corrected chi connectivity index (χ2v) is 8.19. The molecule has 4 nitrogen and oxygen atoms in total. The molecule has 3 aromatic carbocycles. The monoisotopic (exact) mass is 429 g/mol. The molecule has 31 heavy (non-hydrogen) atoms. The molecule has 5 heteroatoms. The lowest BCUT2D eigenvalue weighted by Gasteiger charge is -2.17. The maximum Gasteiger partial charge on any atom is 0.144 e. The van der Waals surface area contributed by atoms with E-state index in [1.54, 1.807) is 7.11 Å². The molecule has 0 bridgehead atoms. The molecule has 0 saturated heterocycles. The number of anilines is 1. The van der Waals surface area contributed by atoms with Crippen molar-refractivity contribution in [1.29, 1.82) is 0 Å². The Morgan fingerprint density at radius 3 is 2.32 bits per heavy atom. The fourth-order valence-corrected chi connectivity index (χ4v) is 4.57. The quantitative estimate of drug-likeness (QED) is 0.416. The van der Waals surface area contributed by atoms with E-state index in [2.05, 4.69) is 66.0 Å². The van der Waals surface area contributed by atoms with Crippen LogP contribution >= 0.6 is 11.6 Å². The Balaban J connectivity index is 1.60. The Morgan fingerprint density at radius 1 is 1.00 bits per heavy atom. The summed E-state index contributed by atoms with van der Waals surface area (Å²) >= 11 is 6.31.